The predicted molar refractivity (Wildman–Crippen MR) is 28.1 cm³/mol. The Morgan fingerprint density at radius 3 is 2.40 bits per heavy atom. The summed E-state index contributed by atoms with van der Waals surface area (Å²) in [6, 6.07) is 3.15. The summed E-state index contributed by atoms with van der Waals surface area (Å²) >= 11 is 0. The molecule has 1 heterocycles. The van der Waals surface area contributed by atoms with E-state index in [-0.39, 0.29) is 0 Å². The van der Waals surface area contributed by atoms with E-state index in [0.29, 0.717) is 0 Å². The fraction of sp³-hybridized carbons (Fsp3) is 0.167. The summed E-state index contributed by atoms with van der Waals surface area (Å²) in [5.74, 6) is 0. The minimum Gasteiger partial charge on any atom is -0.264 e. The smallest absolute Gasteiger partial charge is 0.264 e. The van der Waals surface area contributed by atoms with Crippen LogP contribution in [0.5, 0.6) is 0 Å². The molecule has 0 atom stereocenters. The molecule has 0 spiro atoms. The molecule has 1 rings (SSSR count). The number of hydrogen-bond donors (Lipinski definition) is 0. The van der Waals surface area contributed by atoms with Crippen LogP contribution >= 0.6 is 0 Å². The molecule has 0 aliphatic heterocycles. The van der Waals surface area contributed by atoms with Crippen molar-refractivity contribution < 1.29 is 13.2 Å². The first-order valence-electron chi connectivity index (χ1n) is 2.49. The topological polar surface area (TPSA) is 12.9 Å². The molecular weight excluding hydrogens is 143 g/mol. The number of nitrogens with zero attached hydrogens (tertiary/aromatic N) is 1. The van der Waals surface area contributed by atoms with Gasteiger partial charge in [-0.25, -0.2) is 0 Å². The van der Waals surface area contributed by atoms with E-state index < -0.39 is 11.7 Å². The highest BCUT2D eigenvalue weighted by atomic mass is 19.4. The van der Waals surface area contributed by atoms with Crippen LogP contribution in [0.1, 0.15) is 5.56 Å². The molecule has 0 fully saturated rings. The van der Waals surface area contributed by atoms with E-state index in [1.807, 2.05) is 6.07 Å². The van der Waals surface area contributed by atoms with Gasteiger partial charge in [0.25, 0.3) is 0 Å². The van der Waals surface area contributed by atoms with E-state index in [0.717, 1.165) is 12.3 Å². The number of alkyl halides is 3. The molecular formula is C6H3F3N. The molecule has 0 aromatic carbocycles. The molecule has 1 aromatic rings. The number of rotatable bonds is 0. The van der Waals surface area contributed by atoms with E-state index in [9.17, 15) is 13.2 Å². The maximum atomic E-state index is 11.7. The second-order valence-corrected chi connectivity index (χ2v) is 1.65. The molecule has 1 nitrogen and oxygen atoms in total. The maximum absolute atomic E-state index is 11.7. The molecule has 0 amide bonds. The molecule has 0 aliphatic rings. The first kappa shape index (κ1) is 7.05. The van der Waals surface area contributed by atoms with Crippen molar-refractivity contribution in [1.29, 1.82) is 0 Å². The van der Waals surface area contributed by atoms with Crippen molar-refractivity contribution in [1.82, 2.24) is 4.98 Å². The third kappa shape index (κ3) is 1.46. The fourth-order valence-electron chi connectivity index (χ4n) is 0.480. The lowest BCUT2D eigenvalue weighted by Crippen LogP contribution is -2.04. The molecule has 10 heavy (non-hydrogen) atoms. The third-order valence-corrected chi connectivity index (χ3v) is 0.908. The summed E-state index contributed by atoms with van der Waals surface area (Å²) in [6.07, 6.45) is -2.34. The van der Waals surface area contributed by atoms with Crippen LogP contribution < -0.4 is 0 Å². The van der Waals surface area contributed by atoms with Crippen molar-refractivity contribution in [2.24, 2.45) is 0 Å². The van der Waals surface area contributed by atoms with Gasteiger partial charge in [0.1, 0.15) is 0 Å². The molecule has 1 radical (unpaired) electrons. The molecule has 0 saturated heterocycles. The van der Waals surface area contributed by atoms with Gasteiger partial charge in [0, 0.05) is 12.4 Å². The van der Waals surface area contributed by atoms with Gasteiger partial charge in [0.2, 0.25) is 0 Å². The SMILES string of the molecule is FC(F)(F)c1[c]ccnc1. The van der Waals surface area contributed by atoms with E-state index in [1.54, 1.807) is 0 Å². The summed E-state index contributed by atoms with van der Waals surface area (Å²) in [5.41, 5.74) is -0.838. The Balaban J connectivity index is 2.97. The maximum Gasteiger partial charge on any atom is 0.418 e. The lowest BCUT2D eigenvalue weighted by atomic mass is 10.3. The quantitative estimate of drug-likeness (QED) is 0.544. The summed E-state index contributed by atoms with van der Waals surface area (Å²) in [5, 5.41) is 0. The predicted octanol–water partition coefficient (Wildman–Crippen LogP) is 1.90. The average Bonchev–Trinajstić information content (AvgIpc) is 1.88. The molecule has 4 heteroatoms. The Morgan fingerprint density at radius 2 is 2.10 bits per heavy atom. The normalized spacial score (nSPS) is 11.5. The van der Waals surface area contributed by atoms with Crippen LogP contribution in [0.3, 0.4) is 0 Å². The van der Waals surface area contributed by atoms with Crippen LogP contribution in [-0.4, -0.2) is 4.98 Å². The van der Waals surface area contributed by atoms with Crippen LogP contribution in [0.4, 0.5) is 13.2 Å². The summed E-state index contributed by atoms with van der Waals surface area (Å²) < 4.78 is 35.1. The summed E-state index contributed by atoms with van der Waals surface area (Å²) in [4.78, 5) is 3.30. The largest absolute Gasteiger partial charge is 0.418 e. The zero-order valence-corrected chi connectivity index (χ0v) is 4.81. The van der Waals surface area contributed by atoms with Crippen LogP contribution in [0, 0.1) is 6.07 Å². The van der Waals surface area contributed by atoms with Crippen molar-refractivity contribution in [3.8, 4) is 0 Å². The Labute approximate surface area is 55.5 Å². The van der Waals surface area contributed by atoms with Gasteiger partial charge < -0.3 is 0 Å². The van der Waals surface area contributed by atoms with Crippen molar-refractivity contribution in [2.45, 2.75) is 6.18 Å². The number of halogens is 3. The first-order chi connectivity index (χ1) is 4.61. The van der Waals surface area contributed by atoms with Gasteiger partial charge >= 0.3 is 6.18 Å². The van der Waals surface area contributed by atoms with E-state index in [2.05, 4.69) is 4.98 Å². The minimum absolute atomic E-state index is 0.736. The van der Waals surface area contributed by atoms with Gasteiger partial charge in [-0.3, -0.25) is 4.98 Å². The number of pyridine rings is 1. The highest BCUT2D eigenvalue weighted by molar-refractivity contribution is 5.09. The lowest BCUT2D eigenvalue weighted by molar-refractivity contribution is -0.138. The second kappa shape index (κ2) is 2.28. The monoisotopic (exact) mass is 146 g/mol. The minimum atomic E-state index is -4.33. The highest BCUT2D eigenvalue weighted by Gasteiger charge is 2.30. The van der Waals surface area contributed by atoms with Crippen LogP contribution in [0.25, 0.3) is 0 Å². The fourth-order valence-corrected chi connectivity index (χ4v) is 0.480. The number of hydrogen-bond acceptors (Lipinski definition) is 1. The van der Waals surface area contributed by atoms with Crippen LogP contribution in [0.2, 0.25) is 0 Å². The van der Waals surface area contributed by atoms with E-state index >= 15 is 0 Å². The van der Waals surface area contributed by atoms with Gasteiger partial charge in [-0.2, -0.15) is 13.2 Å². The van der Waals surface area contributed by atoms with Crippen molar-refractivity contribution in [2.75, 3.05) is 0 Å². The first-order valence-corrected chi connectivity index (χ1v) is 2.49. The molecule has 0 bridgehead atoms. The summed E-state index contributed by atoms with van der Waals surface area (Å²) in [6.45, 7) is 0. The Hall–Kier alpha value is -1.06. The zero-order valence-electron chi connectivity index (χ0n) is 4.81. The average molecular weight is 146 g/mol. The van der Waals surface area contributed by atoms with Gasteiger partial charge in [-0.1, -0.05) is 0 Å². The molecule has 0 saturated carbocycles. The van der Waals surface area contributed by atoms with Crippen LogP contribution in [-0.2, 0) is 6.18 Å². The van der Waals surface area contributed by atoms with Crippen molar-refractivity contribution in [3.05, 3.63) is 30.1 Å². The van der Waals surface area contributed by atoms with Gasteiger partial charge in [-0.05, 0) is 12.1 Å². The zero-order chi connectivity index (χ0) is 7.61. The number of aromatic nitrogens is 1. The lowest BCUT2D eigenvalue weighted by Gasteiger charge is -2.02. The summed E-state index contributed by atoms with van der Waals surface area (Å²) in [7, 11) is 0. The highest BCUT2D eigenvalue weighted by Crippen LogP contribution is 2.27. The molecule has 0 N–H and O–H groups in total. The third-order valence-electron chi connectivity index (χ3n) is 0.908. The van der Waals surface area contributed by atoms with Crippen molar-refractivity contribution >= 4 is 0 Å². The Kier molecular flexibility index (Phi) is 1.61. The van der Waals surface area contributed by atoms with Crippen LogP contribution in [0.15, 0.2) is 18.5 Å². The van der Waals surface area contributed by atoms with Crippen molar-refractivity contribution in [3.63, 3.8) is 0 Å². The van der Waals surface area contributed by atoms with Gasteiger partial charge in [0.15, 0.2) is 0 Å². The standard InChI is InChI=1S/C6H3F3N/c7-6(8,9)5-2-1-3-10-4-5/h1,3-4H. The van der Waals surface area contributed by atoms with E-state index in [4.69, 9.17) is 0 Å². The molecule has 0 unspecified atom stereocenters. The Bertz CT molecular complexity index is 204. The Morgan fingerprint density at radius 1 is 1.40 bits per heavy atom. The second-order valence-electron chi connectivity index (χ2n) is 1.65. The van der Waals surface area contributed by atoms with Gasteiger partial charge in [-0.15, -0.1) is 0 Å². The molecule has 0 aliphatic carbocycles. The molecule has 1 aromatic heterocycles. The van der Waals surface area contributed by atoms with E-state index in [1.165, 1.54) is 6.20 Å². The molecule has 53 valence electrons. The van der Waals surface area contributed by atoms with Gasteiger partial charge in [0.05, 0.1) is 5.56 Å².